The number of amides is 1. The molecule has 162 valence electrons. The highest BCUT2D eigenvalue weighted by molar-refractivity contribution is 7.18. The van der Waals surface area contributed by atoms with Crippen LogP contribution in [0.2, 0.25) is 0 Å². The maximum atomic E-state index is 12.1. The van der Waals surface area contributed by atoms with Crippen molar-refractivity contribution in [2.45, 2.75) is 13.0 Å². The molecule has 2 aromatic heterocycles. The van der Waals surface area contributed by atoms with Gasteiger partial charge in [-0.2, -0.15) is 9.97 Å². The van der Waals surface area contributed by atoms with Crippen molar-refractivity contribution >= 4 is 28.2 Å². The van der Waals surface area contributed by atoms with E-state index in [4.69, 9.17) is 15.2 Å². The number of benzene rings is 1. The van der Waals surface area contributed by atoms with Crippen LogP contribution >= 0.6 is 11.3 Å². The third-order valence-electron chi connectivity index (χ3n) is 4.85. The summed E-state index contributed by atoms with van der Waals surface area (Å²) in [7, 11) is 3.43. The van der Waals surface area contributed by atoms with Crippen LogP contribution in [0.25, 0.3) is 10.6 Å². The van der Waals surface area contributed by atoms with E-state index in [0.717, 1.165) is 17.2 Å². The largest absolute Gasteiger partial charge is 0.424 e. The number of nitrogens with zero attached hydrogens (tertiary/aromatic N) is 5. The fourth-order valence-corrected chi connectivity index (χ4v) is 3.88. The fraction of sp³-hybridized carbons (Fsp3) is 0.333. The molecule has 4 rings (SSSR count). The van der Waals surface area contributed by atoms with E-state index in [2.05, 4.69) is 26.8 Å². The van der Waals surface area contributed by atoms with Gasteiger partial charge in [0.1, 0.15) is 11.6 Å². The fourth-order valence-electron chi connectivity index (χ4n) is 3.23. The first-order chi connectivity index (χ1) is 14.9. The second kappa shape index (κ2) is 8.86. The third-order valence-corrected chi connectivity index (χ3v) is 5.70. The summed E-state index contributed by atoms with van der Waals surface area (Å²) in [6, 6.07) is 9.20. The molecule has 3 heterocycles. The van der Waals surface area contributed by atoms with Crippen LogP contribution in [0.3, 0.4) is 0 Å². The van der Waals surface area contributed by atoms with Gasteiger partial charge in [-0.3, -0.25) is 4.79 Å². The van der Waals surface area contributed by atoms with E-state index in [0.29, 0.717) is 35.4 Å². The molecule has 1 aliphatic rings. The van der Waals surface area contributed by atoms with Gasteiger partial charge in [0, 0.05) is 38.5 Å². The predicted octanol–water partition coefficient (Wildman–Crippen LogP) is 2.90. The number of aromatic nitrogens is 3. The van der Waals surface area contributed by atoms with E-state index in [1.165, 1.54) is 16.2 Å². The van der Waals surface area contributed by atoms with Crippen LogP contribution in [0.4, 0.5) is 10.9 Å². The molecule has 0 aliphatic carbocycles. The zero-order valence-corrected chi connectivity index (χ0v) is 18.4. The number of hydrogen-bond acceptors (Lipinski definition) is 9. The minimum atomic E-state index is -0.0730. The molecular formula is C21H24N6O3S. The lowest BCUT2D eigenvalue weighted by Crippen LogP contribution is -2.44. The predicted molar refractivity (Wildman–Crippen MR) is 120 cm³/mol. The van der Waals surface area contributed by atoms with Crippen molar-refractivity contribution in [3.05, 3.63) is 42.1 Å². The minimum absolute atomic E-state index is 0.0730. The Bertz CT molecular complexity index is 1070. The quantitative estimate of drug-likeness (QED) is 0.645. The Hall–Kier alpha value is -3.24. The molecule has 1 aliphatic heterocycles. The van der Waals surface area contributed by atoms with E-state index >= 15 is 0 Å². The van der Waals surface area contributed by atoms with Gasteiger partial charge in [0.2, 0.25) is 0 Å². The average molecular weight is 441 g/mol. The number of carbonyl (C=O) groups excluding carboxylic acids is 1. The third kappa shape index (κ3) is 4.75. The van der Waals surface area contributed by atoms with Crippen molar-refractivity contribution in [3.63, 3.8) is 0 Å². The van der Waals surface area contributed by atoms with Gasteiger partial charge in [-0.25, -0.2) is 4.98 Å². The van der Waals surface area contributed by atoms with Gasteiger partial charge in [-0.15, -0.1) is 0 Å². The van der Waals surface area contributed by atoms with Gasteiger partial charge in [-0.1, -0.05) is 11.3 Å². The van der Waals surface area contributed by atoms with E-state index in [1.54, 1.807) is 44.6 Å². The summed E-state index contributed by atoms with van der Waals surface area (Å²) in [4.78, 5) is 30.0. The Morgan fingerprint density at radius 1 is 1.29 bits per heavy atom. The van der Waals surface area contributed by atoms with E-state index in [1.807, 2.05) is 6.07 Å². The van der Waals surface area contributed by atoms with Crippen LogP contribution in [0.15, 0.2) is 36.5 Å². The topological polar surface area (TPSA) is 107 Å². The smallest absolute Gasteiger partial charge is 0.324 e. The molecule has 0 radical (unpaired) electrons. The molecule has 1 amide bonds. The highest BCUT2D eigenvalue weighted by Crippen LogP contribution is 2.32. The van der Waals surface area contributed by atoms with Crippen LogP contribution in [0.1, 0.15) is 17.3 Å². The second-order valence-electron chi connectivity index (χ2n) is 7.40. The Morgan fingerprint density at radius 3 is 2.71 bits per heavy atom. The lowest BCUT2D eigenvalue weighted by atomic mass is 10.2. The van der Waals surface area contributed by atoms with Crippen molar-refractivity contribution in [2.24, 2.45) is 0 Å². The standard InChI is InChI=1S/C21H24N6O3S/c1-13-12-29-9-8-27(13)18-10-16(17-11-23-20(22)31-17)24-21(25-18)30-15-6-4-14(5-7-15)19(28)26(2)3/h4-7,10-11,13H,8-9,12H2,1-3H3,(H2,22,23). The van der Waals surface area contributed by atoms with Crippen molar-refractivity contribution < 1.29 is 14.3 Å². The zero-order valence-electron chi connectivity index (χ0n) is 17.6. The van der Waals surface area contributed by atoms with Crippen molar-refractivity contribution in [1.29, 1.82) is 0 Å². The van der Waals surface area contributed by atoms with E-state index < -0.39 is 0 Å². The van der Waals surface area contributed by atoms with Crippen LogP contribution < -0.4 is 15.4 Å². The van der Waals surface area contributed by atoms with Gasteiger partial charge >= 0.3 is 6.01 Å². The summed E-state index contributed by atoms with van der Waals surface area (Å²) >= 11 is 1.36. The molecular weight excluding hydrogens is 416 g/mol. The number of nitrogen functional groups attached to an aromatic ring is 1. The van der Waals surface area contributed by atoms with Crippen LogP contribution in [-0.4, -0.2) is 65.7 Å². The maximum absolute atomic E-state index is 12.1. The number of thiazole rings is 1. The number of carbonyl (C=O) groups is 1. The lowest BCUT2D eigenvalue weighted by molar-refractivity contribution is 0.0827. The zero-order chi connectivity index (χ0) is 22.0. The summed E-state index contributed by atoms with van der Waals surface area (Å²) in [5, 5.41) is 0.471. The van der Waals surface area contributed by atoms with Crippen LogP contribution in [0, 0.1) is 0 Å². The first kappa shape index (κ1) is 21.0. The number of hydrogen-bond donors (Lipinski definition) is 1. The van der Waals surface area contributed by atoms with E-state index in [-0.39, 0.29) is 18.0 Å². The minimum Gasteiger partial charge on any atom is -0.424 e. The molecule has 2 N–H and O–H groups in total. The maximum Gasteiger partial charge on any atom is 0.324 e. The molecule has 1 unspecified atom stereocenters. The molecule has 1 saturated heterocycles. The molecule has 10 heteroatoms. The number of ether oxygens (including phenoxy) is 2. The lowest BCUT2D eigenvalue weighted by Gasteiger charge is -2.34. The van der Waals surface area contributed by atoms with Crippen LogP contribution in [0.5, 0.6) is 11.8 Å². The van der Waals surface area contributed by atoms with Gasteiger partial charge in [-0.05, 0) is 31.2 Å². The molecule has 9 nitrogen and oxygen atoms in total. The monoisotopic (exact) mass is 440 g/mol. The molecule has 1 fully saturated rings. The molecule has 3 aromatic rings. The Balaban J connectivity index is 1.66. The summed E-state index contributed by atoms with van der Waals surface area (Å²) in [6.45, 7) is 4.08. The van der Waals surface area contributed by atoms with Gasteiger partial charge < -0.3 is 25.0 Å². The Labute approximate surface area is 184 Å². The SMILES string of the molecule is CC1COCCN1c1cc(-c2cnc(N)s2)nc(Oc2ccc(C(=O)N(C)C)cc2)n1. The molecule has 1 aromatic carbocycles. The highest BCUT2D eigenvalue weighted by Gasteiger charge is 2.23. The molecule has 0 bridgehead atoms. The molecule has 31 heavy (non-hydrogen) atoms. The van der Waals surface area contributed by atoms with Crippen molar-refractivity contribution in [2.75, 3.05) is 44.5 Å². The van der Waals surface area contributed by atoms with Crippen molar-refractivity contribution in [3.8, 4) is 22.3 Å². The molecule has 0 saturated carbocycles. The molecule has 1 atom stereocenters. The first-order valence-electron chi connectivity index (χ1n) is 9.85. The van der Waals surface area contributed by atoms with Gasteiger partial charge in [0.15, 0.2) is 5.13 Å². The second-order valence-corrected chi connectivity index (χ2v) is 8.46. The summed E-state index contributed by atoms with van der Waals surface area (Å²) in [6.07, 6.45) is 1.69. The number of anilines is 2. The first-order valence-corrected chi connectivity index (χ1v) is 10.7. The Morgan fingerprint density at radius 2 is 2.06 bits per heavy atom. The number of nitrogens with two attached hydrogens (primary N) is 1. The average Bonchev–Trinajstić information content (AvgIpc) is 3.20. The summed E-state index contributed by atoms with van der Waals surface area (Å²) in [5.41, 5.74) is 7.08. The number of rotatable bonds is 5. The van der Waals surface area contributed by atoms with Crippen molar-refractivity contribution in [1.82, 2.24) is 19.9 Å². The van der Waals surface area contributed by atoms with E-state index in [9.17, 15) is 4.79 Å². The van der Waals surface area contributed by atoms with Gasteiger partial charge in [0.25, 0.3) is 5.91 Å². The normalized spacial score (nSPS) is 16.2. The Kier molecular flexibility index (Phi) is 6.01. The molecule has 0 spiro atoms. The van der Waals surface area contributed by atoms with Crippen LogP contribution in [-0.2, 0) is 4.74 Å². The van der Waals surface area contributed by atoms with Gasteiger partial charge in [0.05, 0.1) is 29.8 Å². The summed E-state index contributed by atoms with van der Waals surface area (Å²) in [5.74, 6) is 1.22. The summed E-state index contributed by atoms with van der Waals surface area (Å²) < 4.78 is 11.5. The highest BCUT2D eigenvalue weighted by atomic mass is 32.1. The number of morpholine rings is 1.